The van der Waals surface area contributed by atoms with Crippen LogP contribution in [0.3, 0.4) is 0 Å². The Morgan fingerprint density at radius 1 is 0.943 bits per heavy atom. The molecule has 4 rings (SSSR count). The molecule has 1 unspecified atom stereocenters. The minimum absolute atomic E-state index is 0.119. The Bertz CT molecular complexity index is 1280. The van der Waals surface area contributed by atoms with E-state index in [1.54, 1.807) is 18.2 Å². The molecule has 11 heteroatoms. The lowest BCUT2D eigenvalue weighted by Crippen LogP contribution is -2.41. The Morgan fingerprint density at radius 3 is 2.34 bits per heavy atom. The van der Waals surface area contributed by atoms with Crippen LogP contribution in [0.15, 0.2) is 77.9 Å². The zero-order valence-electron chi connectivity index (χ0n) is 17.9. The second-order valence-electron chi connectivity index (χ2n) is 7.50. The number of hydrogen-bond donors (Lipinski definition) is 3. The topological polar surface area (TPSA) is 91.8 Å². The van der Waals surface area contributed by atoms with Crippen LogP contribution in [0.25, 0.3) is 0 Å². The van der Waals surface area contributed by atoms with Crippen LogP contribution in [0, 0.1) is 5.82 Å². The molecule has 3 N–H and O–H groups in total. The molecule has 180 valence electrons. The smallest absolute Gasteiger partial charge is 0.406 e. The number of carbonyl (C=O) groups excluding carboxylic acids is 2. The molecule has 0 fully saturated rings. The van der Waals surface area contributed by atoms with Gasteiger partial charge in [-0.15, -0.1) is 13.2 Å². The molecule has 3 aromatic rings. The normalized spacial score (nSPS) is 15.9. The van der Waals surface area contributed by atoms with E-state index in [0.29, 0.717) is 17.7 Å². The summed E-state index contributed by atoms with van der Waals surface area (Å²) in [4.78, 5) is 24.9. The number of nitrogens with one attached hydrogen (secondary N) is 3. The van der Waals surface area contributed by atoms with Gasteiger partial charge in [0.25, 0.3) is 5.91 Å². The highest BCUT2D eigenvalue weighted by atomic mass is 19.4. The van der Waals surface area contributed by atoms with Crippen LogP contribution in [-0.2, 0) is 6.42 Å². The second kappa shape index (κ2) is 9.84. The standard InChI is InChI=1S/C24H18F4N4O3/c25-19-8-4-3-7-18(19)22(33)30-20-13-14-5-1-2-6-17(14)21(20)31-32-23(34)29-15-9-11-16(12-10-15)35-24(26,27)28/h1-12,20H,13H2,(H,30,33)(H2,29,32,34)/b31-21+. The van der Waals surface area contributed by atoms with Gasteiger partial charge < -0.3 is 15.4 Å². The Hall–Kier alpha value is -4.41. The van der Waals surface area contributed by atoms with E-state index < -0.39 is 35.9 Å². The molecule has 0 radical (unpaired) electrons. The van der Waals surface area contributed by atoms with Crippen molar-refractivity contribution in [2.45, 2.75) is 18.8 Å². The SMILES string of the molecule is O=C(N/N=C1\c2ccccc2CC1NC(=O)c1ccccc1F)Nc1ccc(OC(F)(F)F)cc1. The maximum atomic E-state index is 14.0. The van der Waals surface area contributed by atoms with Crippen molar-refractivity contribution >= 4 is 23.3 Å². The molecule has 3 aromatic carbocycles. The number of anilines is 1. The molecule has 1 aliphatic carbocycles. The highest BCUT2D eigenvalue weighted by Crippen LogP contribution is 2.25. The van der Waals surface area contributed by atoms with Crippen LogP contribution in [0.4, 0.5) is 28.0 Å². The lowest BCUT2D eigenvalue weighted by Gasteiger charge is -2.15. The predicted octanol–water partition coefficient (Wildman–Crippen LogP) is 4.60. The molecule has 1 aliphatic rings. The summed E-state index contributed by atoms with van der Waals surface area (Å²) in [5.74, 6) is -1.72. The van der Waals surface area contributed by atoms with E-state index in [9.17, 15) is 27.2 Å². The van der Waals surface area contributed by atoms with Crippen LogP contribution >= 0.6 is 0 Å². The minimum Gasteiger partial charge on any atom is -0.406 e. The lowest BCUT2D eigenvalue weighted by molar-refractivity contribution is -0.274. The number of fused-ring (bicyclic) bond motifs is 1. The monoisotopic (exact) mass is 486 g/mol. The maximum Gasteiger partial charge on any atom is 0.573 e. The van der Waals surface area contributed by atoms with Crippen LogP contribution in [0.1, 0.15) is 21.5 Å². The zero-order chi connectivity index (χ0) is 25.0. The van der Waals surface area contributed by atoms with Crippen molar-refractivity contribution in [1.82, 2.24) is 10.7 Å². The lowest BCUT2D eigenvalue weighted by atomic mass is 10.1. The van der Waals surface area contributed by atoms with Gasteiger partial charge in [-0.05, 0) is 48.4 Å². The van der Waals surface area contributed by atoms with Crippen molar-refractivity contribution in [1.29, 1.82) is 0 Å². The van der Waals surface area contributed by atoms with E-state index in [1.165, 1.54) is 30.3 Å². The Labute approximate surface area is 196 Å². The molecule has 1 atom stereocenters. The van der Waals surface area contributed by atoms with Crippen molar-refractivity contribution in [3.8, 4) is 5.75 Å². The third kappa shape index (κ3) is 5.94. The number of urea groups is 1. The van der Waals surface area contributed by atoms with E-state index in [4.69, 9.17) is 0 Å². The number of amides is 3. The van der Waals surface area contributed by atoms with Gasteiger partial charge in [0, 0.05) is 11.3 Å². The number of carbonyl (C=O) groups is 2. The van der Waals surface area contributed by atoms with Crippen molar-refractivity contribution in [2.24, 2.45) is 5.10 Å². The fourth-order valence-corrected chi connectivity index (χ4v) is 3.60. The van der Waals surface area contributed by atoms with E-state index in [-0.39, 0.29) is 11.3 Å². The first-order valence-corrected chi connectivity index (χ1v) is 10.3. The van der Waals surface area contributed by atoms with Gasteiger partial charge >= 0.3 is 12.4 Å². The first-order valence-electron chi connectivity index (χ1n) is 10.3. The fraction of sp³-hybridized carbons (Fsp3) is 0.125. The van der Waals surface area contributed by atoms with Crippen LogP contribution < -0.4 is 20.8 Å². The van der Waals surface area contributed by atoms with Gasteiger partial charge in [0.2, 0.25) is 0 Å². The first-order chi connectivity index (χ1) is 16.7. The van der Waals surface area contributed by atoms with Crippen molar-refractivity contribution in [2.75, 3.05) is 5.32 Å². The zero-order valence-corrected chi connectivity index (χ0v) is 17.9. The third-order valence-corrected chi connectivity index (χ3v) is 5.09. The molecular formula is C24H18F4N4O3. The van der Waals surface area contributed by atoms with Crippen LogP contribution in [0.5, 0.6) is 5.75 Å². The van der Waals surface area contributed by atoms with Gasteiger partial charge in [0.15, 0.2) is 0 Å². The van der Waals surface area contributed by atoms with Gasteiger partial charge in [-0.2, -0.15) is 5.10 Å². The van der Waals surface area contributed by atoms with E-state index in [0.717, 1.165) is 17.7 Å². The number of nitrogens with zero attached hydrogens (tertiary/aromatic N) is 1. The predicted molar refractivity (Wildman–Crippen MR) is 120 cm³/mol. The highest BCUT2D eigenvalue weighted by molar-refractivity contribution is 6.11. The second-order valence-corrected chi connectivity index (χ2v) is 7.50. The Morgan fingerprint density at radius 2 is 1.63 bits per heavy atom. The molecule has 3 amide bonds. The summed E-state index contributed by atoms with van der Waals surface area (Å²) in [5.41, 5.74) is 4.37. The summed E-state index contributed by atoms with van der Waals surface area (Å²) in [6.07, 6.45) is -4.43. The Kier molecular flexibility index (Phi) is 6.67. The van der Waals surface area contributed by atoms with E-state index in [2.05, 4.69) is 25.9 Å². The van der Waals surface area contributed by atoms with Gasteiger partial charge in [-0.25, -0.2) is 14.6 Å². The minimum atomic E-state index is -4.82. The molecule has 0 heterocycles. The molecule has 0 saturated carbocycles. The molecule has 0 saturated heterocycles. The number of rotatable bonds is 5. The average Bonchev–Trinajstić information content (AvgIpc) is 3.15. The Balaban J connectivity index is 1.46. The number of hydrazone groups is 1. The summed E-state index contributed by atoms with van der Waals surface area (Å²) in [6.45, 7) is 0. The van der Waals surface area contributed by atoms with E-state index in [1.807, 2.05) is 12.1 Å². The molecule has 0 aromatic heterocycles. The summed E-state index contributed by atoms with van der Waals surface area (Å²) in [7, 11) is 0. The van der Waals surface area contributed by atoms with E-state index >= 15 is 0 Å². The summed E-state index contributed by atoms with van der Waals surface area (Å²) in [5, 5.41) is 9.33. The number of halogens is 4. The largest absolute Gasteiger partial charge is 0.573 e. The maximum absolute atomic E-state index is 14.0. The number of hydrogen-bond acceptors (Lipinski definition) is 4. The summed E-state index contributed by atoms with van der Waals surface area (Å²) < 4.78 is 54.6. The summed E-state index contributed by atoms with van der Waals surface area (Å²) in [6, 6.07) is 16.0. The van der Waals surface area contributed by atoms with Gasteiger partial charge in [-0.3, -0.25) is 4.79 Å². The highest BCUT2D eigenvalue weighted by Gasteiger charge is 2.32. The number of ether oxygens (including phenoxy) is 1. The average molecular weight is 486 g/mol. The van der Waals surface area contributed by atoms with Gasteiger partial charge in [0.1, 0.15) is 11.6 Å². The number of alkyl halides is 3. The first kappa shape index (κ1) is 23.7. The molecule has 0 bridgehead atoms. The summed E-state index contributed by atoms with van der Waals surface area (Å²) >= 11 is 0. The van der Waals surface area contributed by atoms with Crippen molar-refractivity contribution < 1.29 is 31.9 Å². The van der Waals surface area contributed by atoms with Crippen molar-refractivity contribution in [3.05, 3.63) is 95.3 Å². The number of benzene rings is 3. The van der Waals surface area contributed by atoms with Crippen molar-refractivity contribution in [3.63, 3.8) is 0 Å². The van der Waals surface area contributed by atoms with Crippen LogP contribution in [0.2, 0.25) is 0 Å². The molecule has 0 spiro atoms. The van der Waals surface area contributed by atoms with Gasteiger partial charge in [0.05, 0.1) is 17.3 Å². The van der Waals surface area contributed by atoms with Gasteiger partial charge in [-0.1, -0.05) is 36.4 Å². The molecular weight excluding hydrogens is 468 g/mol. The molecule has 35 heavy (non-hydrogen) atoms. The molecule has 7 nitrogen and oxygen atoms in total. The molecule has 0 aliphatic heterocycles. The quantitative estimate of drug-likeness (QED) is 0.364. The third-order valence-electron chi connectivity index (χ3n) is 5.09. The fourth-order valence-electron chi connectivity index (χ4n) is 3.60. The van der Waals surface area contributed by atoms with Crippen LogP contribution in [-0.4, -0.2) is 30.1 Å².